The van der Waals surface area contributed by atoms with Crippen LogP contribution in [0.2, 0.25) is 4.34 Å². The topological polar surface area (TPSA) is 38.9 Å². The van der Waals surface area contributed by atoms with Crippen LogP contribution in [0.25, 0.3) is 11.4 Å². The van der Waals surface area contributed by atoms with E-state index < -0.39 is 0 Å². The van der Waals surface area contributed by atoms with E-state index in [4.69, 9.17) is 23.8 Å². The van der Waals surface area contributed by atoms with Gasteiger partial charge in [-0.1, -0.05) is 11.6 Å². The van der Waals surface area contributed by atoms with E-state index in [1.165, 1.54) is 4.88 Å². The van der Waals surface area contributed by atoms with E-state index >= 15 is 0 Å². The van der Waals surface area contributed by atoms with Gasteiger partial charge in [-0.3, -0.25) is 9.88 Å². The first-order valence-corrected chi connectivity index (χ1v) is 8.62. The molecule has 0 amide bonds. The maximum atomic E-state index is 5.98. The van der Waals surface area contributed by atoms with Crippen LogP contribution in [0.15, 0.2) is 36.7 Å². The van der Waals surface area contributed by atoms with Crippen molar-refractivity contribution in [2.24, 2.45) is 7.05 Å². The molecule has 0 aromatic carbocycles. The highest BCUT2D eigenvalue weighted by Gasteiger charge is 2.12. The Morgan fingerprint density at radius 1 is 1.35 bits per heavy atom. The van der Waals surface area contributed by atoms with Gasteiger partial charge in [0.15, 0.2) is 10.6 Å². The van der Waals surface area contributed by atoms with Gasteiger partial charge in [-0.2, -0.15) is 5.10 Å². The first-order chi connectivity index (χ1) is 11.0. The second-order valence-corrected chi connectivity index (χ2v) is 7.43. The summed E-state index contributed by atoms with van der Waals surface area (Å²) in [6, 6.07) is 7.83. The molecule has 3 heterocycles. The lowest BCUT2D eigenvalue weighted by Crippen LogP contribution is -2.22. The number of hydrogen-bond donors (Lipinski definition) is 0. The number of rotatable bonds is 5. The Hall–Kier alpha value is -1.54. The smallest absolute Gasteiger partial charge is 0.199 e. The highest BCUT2D eigenvalue weighted by Crippen LogP contribution is 2.22. The normalized spacial score (nSPS) is 11.3. The molecule has 0 radical (unpaired) electrons. The molecule has 5 nitrogen and oxygen atoms in total. The van der Waals surface area contributed by atoms with Gasteiger partial charge in [-0.05, 0) is 43.5 Å². The second-order valence-electron chi connectivity index (χ2n) is 5.27. The van der Waals surface area contributed by atoms with Crippen LogP contribution in [0.4, 0.5) is 0 Å². The van der Waals surface area contributed by atoms with Crippen LogP contribution >= 0.6 is 35.2 Å². The Labute approximate surface area is 148 Å². The van der Waals surface area contributed by atoms with Crippen molar-refractivity contribution in [2.75, 3.05) is 7.05 Å². The molecule has 0 saturated carbocycles. The van der Waals surface area contributed by atoms with Gasteiger partial charge in [0.1, 0.15) is 0 Å². The third kappa shape index (κ3) is 3.69. The van der Waals surface area contributed by atoms with Crippen molar-refractivity contribution in [1.29, 1.82) is 0 Å². The number of halogens is 1. The number of thiophene rings is 1. The van der Waals surface area contributed by atoms with E-state index in [9.17, 15) is 0 Å². The minimum absolute atomic E-state index is 0.614. The summed E-state index contributed by atoms with van der Waals surface area (Å²) in [5, 5.41) is 4.64. The van der Waals surface area contributed by atoms with Gasteiger partial charge in [0.25, 0.3) is 0 Å². The standard InChI is InChI=1S/C15H16ClN5S2/c1-19(9-12-5-6-13(16)23-12)10-21-15(22)20(2)14(18-21)11-4-3-7-17-8-11/h3-8H,9-10H2,1-2H3. The van der Waals surface area contributed by atoms with Crippen molar-refractivity contribution in [3.05, 3.63) is 50.6 Å². The first-order valence-electron chi connectivity index (χ1n) is 7.01. The van der Waals surface area contributed by atoms with Crippen molar-refractivity contribution >= 4 is 35.2 Å². The fraction of sp³-hybridized carbons (Fsp3) is 0.267. The molecule has 0 atom stereocenters. The Morgan fingerprint density at radius 2 is 2.17 bits per heavy atom. The third-order valence-electron chi connectivity index (χ3n) is 3.39. The molecule has 23 heavy (non-hydrogen) atoms. The zero-order valence-electron chi connectivity index (χ0n) is 12.8. The van der Waals surface area contributed by atoms with Gasteiger partial charge >= 0.3 is 0 Å². The molecule has 3 aromatic rings. The summed E-state index contributed by atoms with van der Waals surface area (Å²) in [4.78, 5) is 7.51. The zero-order valence-corrected chi connectivity index (χ0v) is 15.2. The number of hydrogen-bond acceptors (Lipinski definition) is 5. The molecule has 3 rings (SSSR count). The van der Waals surface area contributed by atoms with Gasteiger partial charge in [-0.15, -0.1) is 11.3 Å². The third-order valence-corrected chi connectivity index (χ3v) is 5.09. The molecular formula is C15H16ClN5S2. The molecule has 0 bridgehead atoms. The molecule has 0 unspecified atom stereocenters. The lowest BCUT2D eigenvalue weighted by molar-refractivity contribution is 0.246. The summed E-state index contributed by atoms with van der Waals surface area (Å²) < 4.78 is 5.22. The average Bonchev–Trinajstić information content (AvgIpc) is 3.06. The van der Waals surface area contributed by atoms with Gasteiger partial charge < -0.3 is 4.57 Å². The highest BCUT2D eigenvalue weighted by atomic mass is 35.5. The molecule has 120 valence electrons. The Kier molecular flexibility index (Phi) is 4.91. The van der Waals surface area contributed by atoms with Crippen LogP contribution in [0.3, 0.4) is 0 Å². The lowest BCUT2D eigenvalue weighted by Gasteiger charge is -2.15. The van der Waals surface area contributed by atoms with Crippen LogP contribution < -0.4 is 0 Å². The quantitative estimate of drug-likeness (QED) is 0.644. The highest BCUT2D eigenvalue weighted by molar-refractivity contribution is 7.71. The molecule has 0 aliphatic rings. The minimum Gasteiger partial charge on any atom is -0.303 e. The molecule has 0 spiro atoms. The molecule has 0 aliphatic carbocycles. The SMILES string of the molecule is CN(Cc1ccc(Cl)s1)Cn1nc(-c2cccnc2)n(C)c1=S. The zero-order chi connectivity index (χ0) is 16.4. The Bertz CT molecular complexity index is 852. The summed E-state index contributed by atoms with van der Waals surface area (Å²) in [7, 11) is 3.96. The van der Waals surface area contributed by atoms with Crippen LogP contribution in [0, 0.1) is 4.77 Å². The average molecular weight is 366 g/mol. The Morgan fingerprint density at radius 3 is 2.83 bits per heavy atom. The molecule has 0 saturated heterocycles. The van der Waals surface area contributed by atoms with Crippen LogP contribution in [-0.4, -0.2) is 31.3 Å². The summed E-state index contributed by atoms with van der Waals surface area (Å²) in [6.07, 6.45) is 3.54. The van der Waals surface area contributed by atoms with Gasteiger partial charge in [0.2, 0.25) is 0 Å². The van der Waals surface area contributed by atoms with E-state index in [1.807, 2.05) is 47.6 Å². The number of aromatic nitrogens is 4. The maximum Gasteiger partial charge on any atom is 0.199 e. The molecule has 3 aromatic heterocycles. The fourth-order valence-corrected chi connectivity index (χ4v) is 3.66. The van der Waals surface area contributed by atoms with Crippen LogP contribution in [0.5, 0.6) is 0 Å². The predicted octanol–water partition coefficient (Wildman–Crippen LogP) is 3.82. The fourth-order valence-electron chi connectivity index (χ4n) is 2.31. The van der Waals surface area contributed by atoms with Crippen molar-refractivity contribution in [2.45, 2.75) is 13.2 Å². The molecule has 8 heteroatoms. The lowest BCUT2D eigenvalue weighted by atomic mass is 10.3. The Balaban J connectivity index is 1.79. The van der Waals surface area contributed by atoms with E-state index in [0.717, 1.165) is 22.3 Å². The molecule has 0 aliphatic heterocycles. The van der Waals surface area contributed by atoms with Crippen LogP contribution in [-0.2, 0) is 20.3 Å². The second kappa shape index (κ2) is 6.92. The molecular weight excluding hydrogens is 350 g/mol. The van der Waals surface area contributed by atoms with Crippen molar-refractivity contribution in [3.8, 4) is 11.4 Å². The summed E-state index contributed by atoms with van der Waals surface area (Å²) in [6.45, 7) is 1.42. The molecule has 0 fully saturated rings. The van der Waals surface area contributed by atoms with E-state index in [1.54, 1.807) is 23.7 Å². The monoisotopic (exact) mass is 365 g/mol. The van der Waals surface area contributed by atoms with Gasteiger partial charge in [0.05, 0.1) is 11.0 Å². The summed E-state index contributed by atoms with van der Waals surface area (Å²) >= 11 is 13.1. The first kappa shape index (κ1) is 16.3. The molecule has 0 N–H and O–H groups in total. The van der Waals surface area contributed by atoms with Crippen molar-refractivity contribution < 1.29 is 0 Å². The van der Waals surface area contributed by atoms with Gasteiger partial charge in [-0.25, -0.2) is 4.68 Å². The predicted molar refractivity (Wildman–Crippen MR) is 96.1 cm³/mol. The van der Waals surface area contributed by atoms with Crippen molar-refractivity contribution in [1.82, 2.24) is 24.2 Å². The van der Waals surface area contributed by atoms with E-state index in [2.05, 4.69) is 15.0 Å². The van der Waals surface area contributed by atoms with Gasteiger partial charge in [0, 0.05) is 36.4 Å². The van der Waals surface area contributed by atoms with Crippen LogP contribution in [0.1, 0.15) is 4.88 Å². The summed E-state index contributed by atoms with van der Waals surface area (Å²) in [5.74, 6) is 0.815. The van der Waals surface area contributed by atoms with E-state index in [-0.39, 0.29) is 0 Å². The summed E-state index contributed by atoms with van der Waals surface area (Å²) in [5.41, 5.74) is 0.951. The number of nitrogens with zero attached hydrogens (tertiary/aromatic N) is 5. The van der Waals surface area contributed by atoms with E-state index in [0.29, 0.717) is 11.4 Å². The van der Waals surface area contributed by atoms with Crippen molar-refractivity contribution in [3.63, 3.8) is 0 Å². The minimum atomic E-state index is 0.614. The largest absolute Gasteiger partial charge is 0.303 e. The maximum absolute atomic E-state index is 5.98. The number of pyridine rings is 1.